The number of nitrogens with one attached hydrogen (secondary N) is 4. The number of benzene rings is 5. The number of amidine groups is 1. The number of hydrogen-bond donors (Lipinski definition) is 4. The van der Waals surface area contributed by atoms with Crippen LogP contribution in [0.5, 0.6) is 0 Å². The third-order valence-electron chi connectivity index (χ3n) is 9.89. The maximum atomic E-state index is 5.11. The van der Waals surface area contributed by atoms with Gasteiger partial charge in [-0.2, -0.15) is 0 Å². The van der Waals surface area contributed by atoms with Gasteiger partial charge in [-0.15, -0.1) is 0 Å². The molecule has 4 aliphatic rings. The molecule has 230 valence electrons. The molecule has 0 fully saturated rings. The van der Waals surface area contributed by atoms with Crippen molar-refractivity contribution in [1.29, 1.82) is 0 Å². The van der Waals surface area contributed by atoms with Crippen LogP contribution in [0.3, 0.4) is 0 Å². The molecule has 0 bridgehead atoms. The third kappa shape index (κ3) is 5.13. The average Bonchev–Trinajstić information content (AvgIpc) is 3.66. The molecular formula is C42H37N5. The van der Waals surface area contributed by atoms with Gasteiger partial charge in [0.15, 0.2) is 0 Å². The van der Waals surface area contributed by atoms with E-state index in [0.29, 0.717) is 5.92 Å². The van der Waals surface area contributed by atoms with Crippen LogP contribution in [-0.4, -0.2) is 18.7 Å². The summed E-state index contributed by atoms with van der Waals surface area (Å²) >= 11 is 0. The molecule has 9 rings (SSSR count). The minimum atomic E-state index is -0.107. The predicted molar refractivity (Wildman–Crippen MR) is 196 cm³/mol. The highest BCUT2D eigenvalue weighted by Crippen LogP contribution is 2.34. The molecule has 5 nitrogen and oxygen atoms in total. The zero-order valence-corrected chi connectivity index (χ0v) is 26.2. The molecule has 0 saturated carbocycles. The van der Waals surface area contributed by atoms with Crippen molar-refractivity contribution in [3.63, 3.8) is 0 Å². The quantitative estimate of drug-likeness (QED) is 0.169. The smallest absolute Gasteiger partial charge is 0.131 e. The Labute approximate surface area is 275 Å². The van der Waals surface area contributed by atoms with E-state index in [1.54, 1.807) is 0 Å². The molecule has 3 unspecified atom stereocenters. The standard InChI is InChI=1S/C42H37N5/c1-3-11-27(12-4-1)40-45-41(28-13-5-2-6-14-28)47-42(46-40)33-18-10-17-31(24-33)29-15-9-16-30(23-29)32-21-22-36-37(25-32)34-19-7-8-20-35(34)38-39(36)44-26-43-38/h1,3-5,7-20,22-25,32,41-44,47H,2,6,21,26H2,(H,45,46). The summed E-state index contributed by atoms with van der Waals surface area (Å²) in [6.07, 6.45) is 14.6. The van der Waals surface area contributed by atoms with Crippen LogP contribution in [-0.2, 0) is 0 Å². The van der Waals surface area contributed by atoms with Crippen LogP contribution >= 0.6 is 0 Å². The monoisotopic (exact) mass is 611 g/mol. The van der Waals surface area contributed by atoms with E-state index in [0.717, 1.165) is 37.3 Å². The van der Waals surface area contributed by atoms with Crippen LogP contribution in [0.2, 0.25) is 0 Å². The Hall–Kier alpha value is -5.39. The van der Waals surface area contributed by atoms with Gasteiger partial charge in [-0.25, -0.2) is 4.99 Å². The van der Waals surface area contributed by atoms with Gasteiger partial charge in [0, 0.05) is 22.1 Å². The minimum absolute atomic E-state index is 0.0806. The highest BCUT2D eigenvalue weighted by Gasteiger charge is 2.26. The van der Waals surface area contributed by atoms with Gasteiger partial charge >= 0.3 is 0 Å². The highest BCUT2D eigenvalue weighted by atomic mass is 15.3. The van der Waals surface area contributed by atoms with Crippen LogP contribution in [0, 0.1) is 0 Å². The van der Waals surface area contributed by atoms with Gasteiger partial charge in [-0.1, -0.05) is 127 Å². The van der Waals surface area contributed by atoms with Gasteiger partial charge < -0.3 is 16.0 Å². The average molecular weight is 612 g/mol. The molecule has 0 saturated heterocycles. The Bertz CT molecular complexity index is 2230. The van der Waals surface area contributed by atoms with Crippen LogP contribution in [0.15, 0.2) is 132 Å². The highest BCUT2D eigenvalue weighted by molar-refractivity contribution is 6.03. The molecule has 2 aliphatic carbocycles. The van der Waals surface area contributed by atoms with Crippen molar-refractivity contribution < 1.29 is 0 Å². The van der Waals surface area contributed by atoms with E-state index in [2.05, 4.69) is 155 Å². The van der Waals surface area contributed by atoms with Crippen LogP contribution < -0.4 is 31.7 Å². The normalized spacial score (nSPS) is 21.1. The number of allylic oxidation sites excluding steroid dienone is 2. The number of rotatable bonds is 5. The van der Waals surface area contributed by atoms with Crippen molar-refractivity contribution in [3.8, 4) is 11.1 Å². The first-order chi connectivity index (χ1) is 23.3. The number of aliphatic imine (C=N–C) groups is 1. The maximum absolute atomic E-state index is 5.11. The second kappa shape index (κ2) is 11.8. The van der Waals surface area contributed by atoms with E-state index in [1.165, 1.54) is 60.4 Å². The van der Waals surface area contributed by atoms with E-state index in [4.69, 9.17) is 4.99 Å². The van der Waals surface area contributed by atoms with Gasteiger partial charge in [0.25, 0.3) is 0 Å². The minimum Gasteiger partial charge on any atom is -0.366 e. The van der Waals surface area contributed by atoms with E-state index in [9.17, 15) is 0 Å². The summed E-state index contributed by atoms with van der Waals surface area (Å²) in [6, 6.07) is 37.3. The summed E-state index contributed by atoms with van der Waals surface area (Å²) in [5.41, 5.74) is 9.77. The first-order valence-corrected chi connectivity index (χ1v) is 16.8. The Morgan fingerprint density at radius 1 is 0.638 bits per heavy atom. The molecule has 4 N–H and O–H groups in total. The number of nitrogens with zero attached hydrogens (tertiary/aromatic N) is 1. The van der Waals surface area contributed by atoms with E-state index < -0.39 is 0 Å². The first-order valence-electron chi connectivity index (χ1n) is 16.8. The van der Waals surface area contributed by atoms with Crippen LogP contribution in [0.4, 0.5) is 11.4 Å². The number of hydrogen-bond acceptors (Lipinski definition) is 5. The Morgan fingerprint density at radius 3 is 2.21 bits per heavy atom. The molecule has 0 amide bonds. The van der Waals surface area contributed by atoms with E-state index in [1.807, 2.05) is 0 Å². The van der Waals surface area contributed by atoms with Gasteiger partial charge in [0.1, 0.15) is 18.2 Å². The first kappa shape index (κ1) is 27.9. The van der Waals surface area contributed by atoms with Crippen molar-refractivity contribution in [2.24, 2.45) is 4.99 Å². The molecule has 0 radical (unpaired) electrons. The molecule has 5 aromatic rings. The fraction of sp³-hybridized carbons (Fsp3) is 0.167. The molecule has 5 heteroatoms. The summed E-state index contributed by atoms with van der Waals surface area (Å²) in [5.74, 6) is 1.23. The summed E-state index contributed by atoms with van der Waals surface area (Å²) in [7, 11) is 0. The van der Waals surface area contributed by atoms with E-state index in [-0.39, 0.29) is 12.3 Å². The van der Waals surface area contributed by atoms with Gasteiger partial charge in [-0.3, -0.25) is 5.32 Å². The largest absolute Gasteiger partial charge is 0.366 e. The molecule has 0 aromatic heterocycles. The lowest BCUT2D eigenvalue weighted by Gasteiger charge is -2.33. The number of fused-ring (bicyclic) bond motifs is 6. The second-order valence-electron chi connectivity index (χ2n) is 12.8. The maximum Gasteiger partial charge on any atom is 0.131 e. The Balaban J connectivity index is 1.05. The fourth-order valence-electron chi connectivity index (χ4n) is 7.54. The summed E-state index contributed by atoms with van der Waals surface area (Å²) in [4.78, 5) is 5.11. The second-order valence-corrected chi connectivity index (χ2v) is 12.8. The van der Waals surface area contributed by atoms with Crippen molar-refractivity contribution >= 4 is 40.1 Å². The van der Waals surface area contributed by atoms with Crippen molar-refractivity contribution in [3.05, 3.63) is 154 Å². The Morgan fingerprint density at radius 2 is 1.38 bits per heavy atom. The summed E-state index contributed by atoms with van der Waals surface area (Å²) < 4.78 is 0. The molecule has 0 spiro atoms. The summed E-state index contributed by atoms with van der Waals surface area (Å²) in [5, 5.41) is 19.9. The van der Waals surface area contributed by atoms with E-state index >= 15 is 0 Å². The topological polar surface area (TPSA) is 60.5 Å². The van der Waals surface area contributed by atoms with Crippen molar-refractivity contribution in [2.45, 2.75) is 37.5 Å². The van der Waals surface area contributed by atoms with Gasteiger partial charge in [0.05, 0.1) is 18.0 Å². The van der Waals surface area contributed by atoms with Gasteiger partial charge in [0.2, 0.25) is 0 Å². The fourth-order valence-corrected chi connectivity index (χ4v) is 7.54. The number of anilines is 2. The van der Waals surface area contributed by atoms with Crippen molar-refractivity contribution in [1.82, 2.24) is 10.6 Å². The molecule has 3 atom stereocenters. The molecule has 2 heterocycles. The third-order valence-corrected chi connectivity index (χ3v) is 9.89. The summed E-state index contributed by atoms with van der Waals surface area (Å²) in [6.45, 7) is 0.774. The lowest BCUT2D eigenvalue weighted by Crippen LogP contribution is -2.49. The van der Waals surface area contributed by atoms with Crippen LogP contribution in [0.1, 0.15) is 48.0 Å². The zero-order valence-electron chi connectivity index (χ0n) is 26.2. The van der Waals surface area contributed by atoms with Crippen molar-refractivity contribution in [2.75, 3.05) is 17.3 Å². The Kier molecular flexibility index (Phi) is 6.98. The molecule has 5 aromatic carbocycles. The lowest BCUT2D eigenvalue weighted by atomic mass is 9.87. The lowest BCUT2D eigenvalue weighted by molar-refractivity contribution is 0.434. The molecular weight excluding hydrogens is 574 g/mol. The SMILES string of the molecule is C1=CC(C2N=C(c3ccccc3)NC(c3cccc(-c4cccc(C5C=c6c(c7c(c8ccccc68)NCN7)=CC5)c4)c3)N2)=CCC1. The predicted octanol–water partition coefficient (Wildman–Crippen LogP) is 7.29. The van der Waals surface area contributed by atoms with Crippen LogP contribution in [0.25, 0.3) is 34.1 Å². The molecule has 47 heavy (non-hydrogen) atoms. The zero-order chi connectivity index (χ0) is 31.2. The van der Waals surface area contributed by atoms with Gasteiger partial charge in [-0.05, 0) is 63.8 Å². The molecule has 2 aliphatic heterocycles.